The highest BCUT2D eigenvalue weighted by atomic mass is 16.5. The third kappa shape index (κ3) is 4.34. The SMILES string of the molecule is COc1cc2c(cc1OC)C(c1ccccc1)N(CC(=O)N1CCOC3CCCCC31)CC2. The fourth-order valence-corrected chi connectivity index (χ4v) is 5.86. The first-order valence-corrected chi connectivity index (χ1v) is 12.1. The van der Waals surface area contributed by atoms with Crippen molar-refractivity contribution in [3.05, 3.63) is 59.2 Å². The molecule has 2 aromatic rings. The summed E-state index contributed by atoms with van der Waals surface area (Å²) >= 11 is 0. The first kappa shape index (κ1) is 22.2. The predicted octanol–water partition coefficient (Wildman–Crippen LogP) is 3.82. The van der Waals surface area contributed by atoms with Crippen molar-refractivity contribution in [2.45, 2.75) is 50.3 Å². The van der Waals surface area contributed by atoms with Gasteiger partial charge in [0.05, 0.1) is 45.6 Å². The molecule has 176 valence electrons. The fourth-order valence-electron chi connectivity index (χ4n) is 5.86. The van der Waals surface area contributed by atoms with Crippen LogP contribution >= 0.6 is 0 Å². The van der Waals surface area contributed by atoms with E-state index in [1.54, 1.807) is 14.2 Å². The zero-order chi connectivity index (χ0) is 22.8. The van der Waals surface area contributed by atoms with Gasteiger partial charge >= 0.3 is 0 Å². The Bertz CT molecular complexity index is 978. The lowest BCUT2D eigenvalue weighted by atomic mass is 9.87. The standard InChI is InChI=1S/C27H34N2O4/c1-31-24-16-20-12-13-28(18-26(30)29-14-15-33-23-11-7-6-10-22(23)29)27(19-8-4-3-5-9-19)21(20)17-25(24)32-2/h3-5,8-9,16-17,22-23,27H,6-7,10-15,18H2,1-2H3. The van der Waals surface area contributed by atoms with Gasteiger partial charge in [-0.1, -0.05) is 43.2 Å². The molecule has 2 aromatic carbocycles. The van der Waals surface area contributed by atoms with Gasteiger partial charge < -0.3 is 19.1 Å². The molecule has 3 unspecified atom stereocenters. The van der Waals surface area contributed by atoms with Crippen molar-refractivity contribution >= 4 is 5.91 Å². The van der Waals surface area contributed by atoms with Crippen molar-refractivity contribution in [1.29, 1.82) is 0 Å². The Hall–Kier alpha value is -2.57. The molecule has 0 N–H and O–H groups in total. The molecule has 0 spiro atoms. The summed E-state index contributed by atoms with van der Waals surface area (Å²) in [6, 6.07) is 14.9. The third-order valence-corrected chi connectivity index (χ3v) is 7.48. The molecule has 3 atom stereocenters. The van der Waals surface area contributed by atoms with Gasteiger partial charge in [0.25, 0.3) is 0 Å². The summed E-state index contributed by atoms with van der Waals surface area (Å²) in [7, 11) is 3.35. The summed E-state index contributed by atoms with van der Waals surface area (Å²) in [5, 5.41) is 0. The number of amides is 1. The van der Waals surface area contributed by atoms with Crippen LogP contribution in [0.5, 0.6) is 11.5 Å². The van der Waals surface area contributed by atoms with E-state index in [0.717, 1.165) is 37.3 Å². The Kier molecular flexibility index (Phi) is 6.56. The number of nitrogens with zero attached hydrogens (tertiary/aromatic N) is 2. The molecule has 1 aliphatic carbocycles. The van der Waals surface area contributed by atoms with Crippen LogP contribution in [0.2, 0.25) is 0 Å². The quantitative estimate of drug-likeness (QED) is 0.693. The normalized spacial score (nSPS) is 25.2. The first-order valence-electron chi connectivity index (χ1n) is 12.1. The highest BCUT2D eigenvalue weighted by Crippen LogP contribution is 2.41. The average Bonchev–Trinajstić information content (AvgIpc) is 2.87. The minimum Gasteiger partial charge on any atom is -0.493 e. The molecule has 1 amide bonds. The molecule has 3 aliphatic rings. The number of methoxy groups -OCH3 is 2. The first-order chi connectivity index (χ1) is 16.2. The molecule has 5 rings (SSSR count). The van der Waals surface area contributed by atoms with E-state index >= 15 is 0 Å². The molecule has 0 bridgehead atoms. The molecular formula is C27H34N2O4. The smallest absolute Gasteiger partial charge is 0.237 e. The van der Waals surface area contributed by atoms with Crippen molar-refractivity contribution in [2.75, 3.05) is 40.5 Å². The van der Waals surface area contributed by atoms with Crippen LogP contribution in [0.3, 0.4) is 0 Å². The second-order valence-electron chi connectivity index (χ2n) is 9.29. The molecule has 1 saturated carbocycles. The number of rotatable bonds is 5. The Morgan fingerprint density at radius 2 is 1.79 bits per heavy atom. The molecule has 2 fully saturated rings. The Labute approximate surface area is 196 Å². The van der Waals surface area contributed by atoms with Gasteiger partial charge in [0.1, 0.15) is 0 Å². The molecule has 2 heterocycles. The van der Waals surface area contributed by atoms with Crippen LogP contribution in [0.25, 0.3) is 0 Å². The second kappa shape index (κ2) is 9.74. The summed E-state index contributed by atoms with van der Waals surface area (Å²) in [6.45, 7) is 2.59. The van der Waals surface area contributed by atoms with Gasteiger partial charge in [0.15, 0.2) is 11.5 Å². The van der Waals surface area contributed by atoms with Crippen LogP contribution in [0.1, 0.15) is 48.4 Å². The van der Waals surface area contributed by atoms with Crippen LogP contribution in [-0.4, -0.2) is 68.3 Å². The number of ether oxygens (including phenoxy) is 3. The van der Waals surface area contributed by atoms with Gasteiger partial charge in [0, 0.05) is 13.1 Å². The van der Waals surface area contributed by atoms with E-state index in [2.05, 4.69) is 46.2 Å². The Balaban J connectivity index is 1.45. The van der Waals surface area contributed by atoms with E-state index < -0.39 is 0 Å². The van der Waals surface area contributed by atoms with Gasteiger partial charge in [-0.15, -0.1) is 0 Å². The number of carbonyl (C=O) groups excluding carboxylic acids is 1. The number of carbonyl (C=O) groups is 1. The maximum Gasteiger partial charge on any atom is 0.237 e. The second-order valence-corrected chi connectivity index (χ2v) is 9.29. The summed E-state index contributed by atoms with van der Waals surface area (Å²) in [5.41, 5.74) is 3.63. The van der Waals surface area contributed by atoms with E-state index in [1.165, 1.54) is 29.5 Å². The number of morpholine rings is 1. The highest BCUT2D eigenvalue weighted by molar-refractivity contribution is 5.79. The lowest BCUT2D eigenvalue weighted by molar-refractivity contribution is -0.151. The predicted molar refractivity (Wildman–Crippen MR) is 127 cm³/mol. The maximum atomic E-state index is 13.6. The molecule has 0 aromatic heterocycles. The summed E-state index contributed by atoms with van der Waals surface area (Å²) in [5.74, 6) is 1.70. The molecule has 6 nitrogen and oxygen atoms in total. The molecule has 6 heteroatoms. The Morgan fingerprint density at radius 1 is 1.03 bits per heavy atom. The van der Waals surface area contributed by atoms with Crippen molar-refractivity contribution in [3.63, 3.8) is 0 Å². The average molecular weight is 451 g/mol. The lowest BCUT2D eigenvalue weighted by Crippen LogP contribution is -2.57. The largest absolute Gasteiger partial charge is 0.493 e. The molecule has 2 aliphatic heterocycles. The van der Waals surface area contributed by atoms with E-state index in [-0.39, 0.29) is 24.1 Å². The van der Waals surface area contributed by atoms with Crippen molar-refractivity contribution in [3.8, 4) is 11.5 Å². The molecular weight excluding hydrogens is 416 g/mol. The van der Waals surface area contributed by atoms with Crippen LogP contribution in [0.4, 0.5) is 0 Å². The minimum atomic E-state index is 0.00176. The van der Waals surface area contributed by atoms with Crippen molar-refractivity contribution in [1.82, 2.24) is 9.80 Å². The monoisotopic (exact) mass is 450 g/mol. The van der Waals surface area contributed by atoms with Crippen LogP contribution in [0, 0.1) is 0 Å². The van der Waals surface area contributed by atoms with E-state index in [0.29, 0.717) is 19.7 Å². The number of hydrogen-bond acceptors (Lipinski definition) is 5. The van der Waals surface area contributed by atoms with Crippen LogP contribution in [-0.2, 0) is 16.0 Å². The van der Waals surface area contributed by atoms with Gasteiger partial charge in [-0.05, 0) is 48.1 Å². The third-order valence-electron chi connectivity index (χ3n) is 7.48. The topological polar surface area (TPSA) is 51.2 Å². The lowest BCUT2D eigenvalue weighted by Gasteiger charge is -2.45. The van der Waals surface area contributed by atoms with Gasteiger partial charge in [-0.2, -0.15) is 0 Å². The van der Waals surface area contributed by atoms with Gasteiger partial charge in [-0.3, -0.25) is 9.69 Å². The zero-order valence-electron chi connectivity index (χ0n) is 19.7. The van der Waals surface area contributed by atoms with E-state index in [4.69, 9.17) is 14.2 Å². The van der Waals surface area contributed by atoms with Crippen molar-refractivity contribution in [2.24, 2.45) is 0 Å². The minimum absolute atomic E-state index is 0.00176. The van der Waals surface area contributed by atoms with E-state index in [1.807, 2.05) is 6.07 Å². The number of fused-ring (bicyclic) bond motifs is 2. The molecule has 1 saturated heterocycles. The summed E-state index contributed by atoms with van der Waals surface area (Å²) in [4.78, 5) is 18.1. The number of hydrogen-bond donors (Lipinski definition) is 0. The molecule has 0 radical (unpaired) electrons. The maximum absolute atomic E-state index is 13.6. The summed E-state index contributed by atoms with van der Waals surface area (Å²) < 4.78 is 17.2. The van der Waals surface area contributed by atoms with Crippen LogP contribution in [0.15, 0.2) is 42.5 Å². The van der Waals surface area contributed by atoms with Gasteiger partial charge in [-0.25, -0.2) is 0 Å². The summed E-state index contributed by atoms with van der Waals surface area (Å²) in [6.07, 6.45) is 5.59. The van der Waals surface area contributed by atoms with Crippen LogP contribution < -0.4 is 9.47 Å². The van der Waals surface area contributed by atoms with Gasteiger partial charge in [0.2, 0.25) is 5.91 Å². The Morgan fingerprint density at radius 3 is 2.58 bits per heavy atom. The highest BCUT2D eigenvalue weighted by Gasteiger charge is 2.38. The molecule has 33 heavy (non-hydrogen) atoms. The van der Waals surface area contributed by atoms with Crippen molar-refractivity contribution < 1.29 is 19.0 Å². The number of benzene rings is 2. The zero-order valence-corrected chi connectivity index (χ0v) is 19.7. The van der Waals surface area contributed by atoms with E-state index in [9.17, 15) is 4.79 Å². The fraction of sp³-hybridized carbons (Fsp3) is 0.519.